The Balaban J connectivity index is 2.19. The minimum atomic E-state index is 0.109. The van der Waals surface area contributed by atoms with E-state index in [-0.39, 0.29) is 5.75 Å². The molecule has 2 heterocycles. The second-order valence-electron chi connectivity index (χ2n) is 3.13. The molecule has 0 bridgehead atoms. The number of benzene rings is 1. The third kappa shape index (κ3) is 1.43. The van der Waals surface area contributed by atoms with Crippen LogP contribution in [0.2, 0.25) is 5.02 Å². The highest BCUT2D eigenvalue weighted by atomic mass is 35.5. The SMILES string of the molecule is Oc1cc(Cl)ccc1-c1nn2cnnc2s1. The smallest absolute Gasteiger partial charge is 0.234 e. The zero-order valence-corrected chi connectivity index (χ0v) is 9.40. The molecule has 0 aliphatic rings. The van der Waals surface area contributed by atoms with Crippen molar-refractivity contribution >= 4 is 27.9 Å². The van der Waals surface area contributed by atoms with Gasteiger partial charge >= 0.3 is 0 Å². The van der Waals surface area contributed by atoms with E-state index >= 15 is 0 Å². The van der Waals surface area contributed by atoms with Crippen LogP contribution in [0, 0.1) is 0 Å². The molecule has 5 nitrogen and oxygen atoms in total. The molecule has 0 aliphatic carbocycles. The quantitative estimate of drug-likeness (QED) is 0.721. The number of aromatic nitrogens is 4. The van der Waals surface area contributed by atoms with Crippen molar-refractivity contribution in [3.63, 3.8) is 0 Å². The minimum Gasteiger partial charge on any atom is -0.507 e. The highest BCUT2D eigenvalue weighted by Gasteiger charge is 2.11. The average Bonchev–Trinajstić information content (AvgIpc) is 2.76. The fraction of sp³-hybridized carbons (Fsp3) is 0. The van der Waals surface area contributed by atoms with Gasteiger partial charge in [0.15, 0.2) is 5.01 Å². The molecule has 0 saturated heterocycles. The Morgan fingerprint density at radius 3 is 3.00 bits per heavy atom. The molecule has 0 radical (unpaired) electrons. The van der Waals surface area contributed by atoms with Crippen molar-refractivity contribution in [2.24, 2.45) is 0 Å². The maximum absolute atomic E-state index is 9.74. The van der Waals surface area contributed by atoms with E-state index in [9.17, 15) is 5.11 Å². The summed E-state index contributed by atoms with van der Waals surface area (Å²) < 4.78 is 1.56. The fourth-order valence-corrected chi connectivity index (χ4v) is 2.37. The summed E-state index contributed by atoms with van der Waals surface area (Å²) >= 11 is 7.11. The number of rotatable bonds is 1. The molecule has 0 fully saturated rings. The molecule has 0 spiro atoms. The van der Waals surface area contributed by atoms with Crippen LogP contribution in [0.4, 0.5) is 0 Å². The first-order valence-corrected chi connectivity index (χ1v) is 5.59. The van der Waals surface area contributed by atoms with Crippen LogP contribution in [0.5, 0.6) is 5.75 Å². The Bertz CT molecular complexity index is 634. The maximum Gasteiger partial charge on any atom is 0.234 e. The van der Waals surface area contributed by atoms with Crippen molar-refractivity contribution in [1.82, 2.24) is 19.8 Å². The Morgan fingerprint density at radius 1 is 1.38 bits per heavy atom. The monoisotopic (exact) mass is 252 g/mol. The van der Waals surface area contributed by atoms with E-state index in [0.717, 1.165) is 0 Å². The maximum atomic E-state index is 9.74. The molecule has 2 aromatic heterocycles. The zero-order chi connectivity index (χ0) is 11.1. The number of nitrogens with zero attached hydrogens (tertiary/aromatic N) is 4. The number of aromatic hydroxyl groups is 1. The van der Waals surface area contributed by atoms with Gasteiger partial charge in [-0.3, -0.25) is 0 Å². The lowest BCUT2D eigenvalue weighted by Crippen LogP contribution is -1.83. The van der Waals surface area contributed by atoms with Crippen LogP contribution in [0.15, 0.2) is 24.5 Å². The molecule has 0 saturated carbocycles. The third-order valence-electron chi connectivity index (χ3n) is 2.08. The van der Waals surface area contributed by atoms with Gasteiger partial charge in [0.05, 0.1) is 5.56 Å². The van der Waals surface area contributed by atoms with Crippen LogP contribution in [-0.2, 0) is 0 Å². The molecule has 3 aromatic rings. The fourth-order valence-electron chi connectivity index (χ4n) is 1.35. The van der Waals surface area contributed by atoms with Crippen LogP contribution in [0.1, 0.15) is 0 Å². The van der Waals surface area contributed by atoms with E-state index in [1.165, 1.54) is 23.7 Å². The minimum absolute atomic E-state index is 0.109. The van der Waals surface area contributed by atoms with E-state index < -0.39 is 0 Å². The van der Waals surface area contributed by atoms with Gasteiger partial charge in [-0.2, -0.15) is 9.61 Å². The molecule has 0 unspecified atom stereocenters. The van der Waals surface area contributed by atoms with Crippen molar-refractivity contribution in [1.29, 1.82) is 0 Å². The Labute approximate surface area is 98.9 Å². The Morgan fingerprint density at radius 2 is 2.25 bits per heavy atom. The molecule has 7 heteroatoms. The lowest BCUT2D eigenvalue weighted by Gasteiger charge is -1.99. The van der Waals surface area contributed by atoms with Crippen LogP contribution in [0.25, 0.3) is 15.5 Å². The summed E-state index contributed by atoms with van der Waals surface area (Å²) in [4.78, 5) is 0.685. The third-order valence-corrected chi connectivity index (χ3v) is 3.26. The molecule has 1 N–H and O–H groups in total. The summed E-state index contributed by atoms with van der Waals surface area (Å²) in [7, 11) is 0. The van der Waals surface area contributed by atoms with Crippen molar-refractivity contribution in [3.05, 3.63) is 29.5 Å². The predicted octanol–water partition coefficient (Wildman–Crippen LogP) is 2.21. The molecular formula is C9H5ClN4OS. The summed E-state index contributed by atoms with van der Waals surface area (Å²) in [5.74, 6) is 0.109. The first-order valence-electron chi connectivity index (χ1n) is 4.40. The highest BCUT2D eigenvalue weighted by molar-refractivity contribution is 7.19. The first-order chi connectivity index (χ1) is 7.74. The van der Waals surface area contributed by atoms with Crippen molar-refractivity contribution in [2.45, 2.75) is 0 Å². The summed E-state index contributed by atoms with van der Waals surface area (Å²) in [5, 5.41) is 22.7. The summed E-state index contributed by atoms with van der Waals surface area (Å²) in [6.45, 7) is 0. The number of phenolic OH excluding ortho intramolecular Hbond substituents is 1. The number of hydrogen-bond donors (Lipinski definition) is 1. The number of hydrogen-bond acceptors (Lipinski definition) is 5. The average molecular weight is 253 g/mol. The van der Waals surface area contributed by atoms with Crippen LogP contribution in [-0.4, -0.2) is 24.9 Å². The van der Waals surface area contributed by atoms with Crippen molar-refractivity contribution in [3.8, 4) is 16.3 Å². The van der Waals surface area contributed by atoms with Gasteiger partial charge in [0, 0.05) is 5.02 Å². The molecule has 1 aromatic carbocycles. The zero-order valence-electron chi connectivity index (χ0n) is 7.83. The lowest BCUT2D eigenvalue weighted by atomic mass is 10.2. The van der Waals surface area contributed by atoms with Gasteiger partial charge in [-0.25, -0.2) is 0 Å². The van der Waals surface area contributed by atoms with E-state index in [4.69, 9.17) is 11.6 Å². The first kappa shape index (κ1) is 9.56. The molecule has 16 heavy (non-hydrogen) atoms. The topological polar surface area (TPSA) is 63.3 Å². The van der Waals surface area contributed by atoms with Gasteiger partial charge in [-0.15, -0.1) is 10.2 Å². The van der Waals surface area contributed by atoms with Gasteiger partial charge in [0.25, 0.3) is 0 Å². The van der Waals surface area contributed by atoms with Gasteiger partial charge in [-0.05, 0) is 18.2 Å². The van der Waals surface area contributed by atoms with Crippen molar-refractivity contribution in [2.75, 3.05) is 0 Å². The Hall–Kier alpha value is -1.66. The summed E-state index contributed by atoms with van der Waals surface area (Å²) in [6, 6.07) is 4.92. The molecule has 80 valence electrons. The van der Waals surface area contributed by atoms with E-state index in [1.807, 2.05) is 0 Å². The van der Waals surface area contributed by atoms with E-state index in [2.05, 4.69) is 15.3 Å². The van der Waals surface area contributed by atoms with Crippen LogP contribution >= 0.6 is 22.9 Å². The summed E-state index contributed by atoms with van der Waals surface area (Å²) in [5.41, 5.74) is 0.639. The molecule has 3 rings (SSSR count). The second-order valence-corrected chi connectivity index (χ2v) is 4.52. The molecule has 0 atom stereocenters. The largest absolute Gasteiger partial charge is 0.507 e. The second kappa shape index (κ2) is 3.43. The summed E-state index contributed by atoms with van der Waals surface area (Å²) in [6.07, 6.45) is 1.52. The number of fused-ring (bicyclic) bond motifs is 1. The number of halogens is 1. The van der Waals surface area contributed by atoms with Gasteiger partial charge in [-0.1, -0.05) is 22.9 Å². The van der Waals surface area contributed by atoms with Crippen LogP contribution < -0.4 is 0 Å². The van der Waals surface area contributed by atoms with Crippen LogP contribution in [0.3, 0.4) is 0 Å². The molecular weight excluding hydrogens is 248 g/mol. The number of phenols is 1. The van der Waals surface area contributed by atoms with Crippen molar-refractivity contribution < 1.29 is 5.11 Å². The standard InChI is InChI=1S/C9H5ClN4OS/c10-5-1-2-6(7(15)3-5)8-13-14-4-11-12-9(14)16-8/h1-4,15H. The highest BCUT2D eigenvalue weighted by Crippen LogP contribution is 2.33. The predicted molar refractivity (Wildman–Crippen MR) is 60.8 cm³/mol. The normalized spacial score (nSPS) is 11.1. The molecule has 0 amide bonds. The van der Waals surface area contributed by atoms with Gasteiger partial charge in [0.1, 0.15) is 12.1 Å². The van der Waals surface area contributed by atoms with E-state index in [0.29, 0.717) is 20.6 Å². The van der Waals surface area contributed by atoms with E-state index in [1.54, 1.807) is 16.6 Å². The van der Waals surface area contributed by atoms with Gasteiger partial charge in [0.2, 0.25) is 4.96 Å². The Kier molecular flexibility index (Phi) is 2.05. The lowest BCUT2D eigenvalue weighted by molar-refractivity contribution is 0.477. The molecule has 0 aliphatic heterocycles. The van der Waals surface area contributed by atoms with Gasteiger partial charge < -0.3 is 5.11 Å².